The summed E-state index contributed by atoms with van der Waals surface area (Å²) in [5.41, 5.74) is 1.32. The van der Waals surface area contributed by atoms with Crippen LogP contribution < -0.4 is 19.9 Å². The van der Waals surface area contributed by atoms with E-state index in [9.17, 15) is 4.79 Å². The summed E-state index contributed by atoms with van der Waals surface area (Å²) >= 11 is 1.69. The van der Waals surface area contributed by atoms with Crippen LogP contribution in [0, 0.1) is 0 Å². The molecule has 30 heavy (non-hydrogen) atoms. The number of rotatable bonds is 7. The molecule has 3 aromatic rings. The summed E-state index contributed by atoms with van der Waals surface area (Å²) in [5.74, 6) is 1.31. The predicted molar refractivity (Wildman–Crippen MR) is 120 cm³/mol. The van der Waals surface area contributed by atoms with Crippen molar-refractivity contribution in [1.82, 2.24) is 15.3 Å². The molecular weight excluding hydrogens is 398 g/mol. The molecule has 2 aromatic heterocycles. The van der Waals surface area contributed by atoms with Gasteiger partial charge in [-0.05, 0) is 37.2 Å². The molecule has 0 radical (unpaired) electrons. The number of benzene rings is 1. The first kappa shape index (κ1) is 20.3. The number of hydrogen-bond acceptors (Lipinski definition) is 7. The summed E-state index contributed by atoms with van der Waals surface area (Å²) in [4.78, 5) is 26.5. The zero-order valence-electron chi connectivity index (χ0n) is 17.1. The number of likely N-dealkylation sites (N-methyl/N-ethyl adjacent to an activating group) is 1. The highest BCUT2D eigenvalue weighted by Crippen LogP contribution is 2.31. The Bertz CT molecular complexity index is 995. The number of carbonyl (C=O) groups excluding carboxylic acids is 1. The van der Waals surface area contributed by atoms with E-state index in [2.05, 4.69) is 26.7 Å². The maximum atomic E-state index is 13.2. The fourth-order valence-corrected chi connectivity index (χ4v) is 4.31. The maximum absolute atomic E-state index is 13.2. The van der Waals surface area contributed by atoms with E-state index in [1.807, 2.05) is 49.3 Å². The first-order chi connectivity index (χ1) is 14.7. The second kappa shape index (κ2) is 9.23. The molecule has 4 rings (SSSR count). The number of nitrogens with one attached hydrogen (secondary N) is 1. The number of anilines is 2. The second-order valence-corrected chi connectivity index (χ2v) is 8.13. The molecule has 1 atom stereocenters. The topological polar surface area (TPSA) is 70.6 Å². The Labute approximate surface area is 180 Å². The molecule has 156 valence electrons. The van der Waals surface area contributed by atoms with E-state index < -0.39 is 0 Å². The number of ether oxygens (including phenoxy) is 1. The highest BCUT2D eigenvalue weighted by atomic mass is 32.1. The highest BCUT2D eigenvalue weighted by Gasteiger charge is 2.27. The van der Waals surface area contributed by atoms with Crippen LogP contribution in [0.25, 0.3) is 0 Å². The number of hydrogen-bond donors (Lipinski definition) is 1. The zero-order chi connectivity index (χ0) is 20.9. The standard InChI is InChI=1S/C22H25N5O2S/c1-23-9-8-19(20-7-4-12-30-20)29-17-6-3-5-16(13-17)27-11-10-26(2)21-18(22(27)28)14-24-15-25-21/h3-7,12-15,19,23H,8-11H2,1-2H3/t19-/m0/s1. The van der Waals surface area contributed by atoms with Crippen molar-refractivity contribution < 1.29 is 9.53 Å². The van der Waals surface area contributed by atoms with Gasteiger partial charge in [0.05, 0.1) is 0 Å². The summed E-state index contributed by atoms with van der Waals surface area (Å²) in [6, 6.07) is 11.9. The fourth-order valence-electron chi connectivity index (χ4n) is 3.53. The van der Waals surface area contributed by atoms with Crippen molar-refractivity contribution in [3.63, 3.8) is 0 Å². The normalized spacial score (nSPS) is 14.9. The molecule has 1 amide bonds. The van der Waals surface area contributed by atoms with E-state index in [4.69, 9.17) is 4.74 Å². The Balaban J connectivity index is 1.59. The summed E-state index contributed by atoms with van der Waals surface area (Å²) in [6.45, 7) is 2.10. The minimum Gasteiger partial charge on any atom is -0.485 e. The van der Waals surface area contributed by atoms with E-state index in [1.54, 1.807) is 22.4 Å². The molecule has 3 heterocycles. The van der Waals surface area contributed by atoms with E-state index in [-0.39, 0.29) is 12.0 Å². The van der Waals surface area contributed by atoms with Crippen LogP contribution in [0.2, 0.25) is 0 Å². The van der Waals surface area contributed by atoms with Gasteiger partial charge in [-0.3, -0.25) is 4.79 Å². The van der Waals surface area contributed by atoms with Gasteiger partial charge in [-0.15, -0.1) is 11.3 Å². The van der Waals surface area contributed by atoms with Crippen LogP contribution in [-0.4, -0.2) is 49.6 Å². The summed E-state index contributed by atoms with van der Waals surface area (Å²) < 4.78 is 6.35. The molecule has 1 aromatic carbocycles. The number of thiophene rings is 1. The van der Waals surface area contributed by atoms with E-state index in [0.29, 0.717) is 24.5 Å². The number of amides is 1. The molecule has 0 saturated heterocycles. The van der Waals surface area contributed by atoms with Crippen LogP contribution in [0.1, 0.15) is 27.8 Å². The van der Waals surface area contributed by atoms with Crippen molar-refractivity contribution in [3.8, 4) is 5.75 Å². The van der Waals surface area contributed by atoms with Gasteiger partial charge in [-0.2, -0.15) is 0 Å². The Morgan fingerprint density at radius 3 is 2.97 bits per heavy atom. The third kappa shape index (κ3) is 4.29. The first-order valence-corrected chi connectivity index (χ1v) is 10.8. The lowest BCUT2D eigenvalue weighted by molar-refractivity contribution is 0.0989. The Kier molecular flexibility index (Phi) is 6.25. The fraction of sp³-hybridized carbons (Fsp3) is 0.318. The van der Waals surface area contributed by atoms with Crippen molar-refractivity contribution in [3.05, 3.63) is 64.7 Å². The van der Waals surface area contributed by atoms with Crippen molar-refractivity contribution in [2.24, 2.45) is 0 Å². The first-order valence-electron chi connectivity index (χ1n) is 9.95. The SMILES string of the molecule is CNCC[C@H](Oc1cccc(N2CCN(C)c3ncncc3C2=O)c1)c1cccs1. The van der Waals surface area contributed by atoms with E-state index in [1.165, 1.54) is 11.2 Å². The van der Waals surface area contributed by atoms with Crippen LogP contribution in [0.4, 0.5) is 11.5 Å². The number of aromatic nitrogens is 2. The molecule has 0 unspecified atom stereocenters. The predicted octanol–water partition coefficient (Wildman–Crippen LogP) is 3.36. The minimum atomic E-state index is -0.0999. The average molecular weight is 424 g/mol. The summed E-state index contributed by atoms with van der Waals surface area (Å²) in [5, 5.41) is 5.25. The molecule has 0 aliphatic carbocycles. The van der Waals surface area contributed by atoms with Crippen molar-refractivity contribution >= 4 is 28.7 Å². The van der Waals surface area contributed by atoms with Crippen molar-refractivity contribution in [2.75, 3.05) is 43.5 Å². The van der Waals surface area contributed by atoms with Crippen LogP contribution in [-0.2, 0) is 0 Å². The maximum Gasteiger partial charge on any atom is 0.263 e. The lowest BCUT2D eigenvalue weighted by Crippen LogP contribution is -2.33. The quantitative estimate of drug-likeness (QED) is 0.628. The van der Waals surface area contributed by atoms with Gasteiger partial charge in [-0.25, -0.2) is 9.97 Å². The third-order valence-corrected chi connectivity index (χ3v) is 6.08. The molecule has 1 aliphatic heterocycles. The molecule has 0 saturated carbocycles. The molecule has 0 bridgehead atoms. The van der Waals surface area contributed by atoms with E-state index >= 15 is 0 Å². The van der Waals surface area contributed by atoms with Gasteiger partial charge in [0, 0.05) is 49.4 Å². The molecule has 7 nitrogen and oxygen atoms in total. The Morgan fingerprint density at radius 1 is 1.27 bits per heavy atom. The second-order valence-electron chi connectivity index (χ2n) is 7.15. The van der Waals surface area contributed by atoms with Gasteiger partial charge in [0.2, 0.25) is 0 Å². The van der Waals surface area contributed by atoms with Gasteiger partial charge in [0.25, 0.3) is 5.91 Å². The highest BCUT2D eigenvalue weighted by molar-refractivity contribution is 7.10. The molecule has 0 fully saturated rings. The lowest BCUT2D eigenvalue weighted by atomic mass is 10.2. The molecule has 1 N–H and O–H groups in total. The van der Waals surface area contributed by atoms with Crippen molar-refractivity contribution in [1.29, 1.82) is 0 Å². The molecule has 1 aliphatic rings. The lowest BCUT2D eigenvalue weighted by Gasteiger charge is -2.23. The number of carbonyl (C=O) groups is 1. The summed E-state index contributed by atoms with van der Waals surface area (Å²) in [6.07, 6.45) is 3.89. The van der Waals surface area contributed by atoms with Crippen molar-refractivity contribution in [2.45, 2.75) is 12.5 Å². The monoisotopic (exact) mass is 423 g/mol. The molecular formula is C22H25N5O2S. The largest absolute Gasteiger partial charge is 0.485 e. The van der Waals surface area contributed by atoms with Gasteiger partial charge in [0.1, 0.15) is 29.6 Å². The van der Waals surface area contributed by atoms with E-state index in [0.717, 1.165) is 24.4 Å². The average Bonchev–Trinajstić information content (AvgIpc) is 3.27. The number of fused-ring (bicyclic) bond motifs is 1. The Morgan fingerprint density at radius 2 is 2.17 bits per heavy atom. The van der Waals surface area contributed by atoms with Crippen LogP contribution in [0.3, 0.4) is 0 Å². The number of nitrogens with zero attached hydrogens (tertiary/aromatic N) is 4. The van der Waals surface area contributed by atoms with Crippen LogP contribution in [0.5, 0.6) is 5.75 Å². The molecule has 0 spiro atoms. The van der Waals surface area contributed by atoms with Gasteiger partial charge < -0.3 is 19.9 Å². The van der Waals surface area contributed by atoms with Gasteiger partial charge in [0.15, 0.2) is 0 Å². The smallest absolute Gasteiger partial charge is 0.263 e. The third-order valence-electron chi connectivity index (χ3n) is 5.11. The van der Waals surface area contributed by atoms with Gasteiger partial charge >= 0.3 is 0 Å². The zero-order valence-corrected chi connectivity index (χ0v) is 17.9. The minimum absolute atomic E-state index is 0.0344. The van der Waals surface area contributed by atoms with Gasteiger partial charge in [-0.1, -0.05) is 12.1 Å². The van der Waals surface area contributed by atoms with Crippen LogP contribution in [0.15, 0.2) is 54.3 Å². The van der Waals surface area contributed by atoms with Crippen LogP contribution >= 0.6 is 11.3 Å². The molecule has 8 heteroatoms. The Hall–Kier alpha value is -2.97. The summed E-state index contributed by atoms with van der Waals surface area (Å²) in [7, 11) is 3.88.